The van der Waals surface area contributed by atoms with Gasteiger partial charge < -0.3 is 28.4 Å². The summed E-state index contributed by atoms with van der Waals surface area (Å²) in [4.78, 5) is 0. The minimum atomic E-state index is -4.93. The van der Waals surface area contributed by atoms with E-state index in [1.165, 1.54) is 60.9 Å². The molecule has 0 radical (unpaired) electrons. The van der Waals surface area contributed by atoms with Crippen molar-refractivity contribution in [2.75, 3.05) is 58.2 Å². The standard InChI is InChI=1S/C24H33N6O10P/c1-32-19-13-7-10-16(22(19)35-4)28(25)38-41(31,39-29(26)17-11-8-14-20(33-2)23(17)36-5)40-30(27)18-12-9-15-21(34-3)24(18)37-6/h7-15H,25-27H2,1-6H3. The maximum atomic E-state index is 14.2. The molecular weight excluding hydrogens is 563 g/mol. The smallest absolute Gasteiger partial charge is 0.493 e. The van der Waals surface area contributed by atoms with Crippen LogP contribution in [0.1, 0.15) is 0 Å². The zero-order valence-electron chi connectivity index (χ0n) is 23.3. The number of para-hydroxylation sites is 3. The molecular formula is C24H33N6O10P. The summed E-state index contributed by atoms with van der Waals surface area (Å²) in [6.07, 6.45) is 0. The number of nitrogens with two attached hydrogens (primary N) is 3. The molecule has 17 heteroatoms. The number of phosphoric acid groups is 1. The fraction of sp³-hybridized carbons (Fsp3) is 0.250. The zero-order chi connectivity index (χ0) is 30.2. The van der Waals surface area contributed by atoms with Gasteiger partial charge in [-0.1, -0.05) is 18.2 Å². The highest BCUT2D eigenvalue weighted by Crippen LogP contribution is 2.54. The minimum Gasteiger partial charge on any atom is -0.493 e. The van der Waals surface area contributed by atoms with Crippen molar-refractivity contribution < 1.29 is 46.9 Å². The Labute approximate surface area is 236 Å². The van der Waals surface area contributed by atoms with Crippen molar-refractivity contribution in [3.05, 3.63) is 54.6 Å². The fourth-order valence-corrected chi connectivity index (χ4v) is 4.63. The number of anilines is 3. The number of hydrogen-bond acceptors (Lipinski definition) is 16. The van der Waals surface area contributed by atoms with Gasteiger partial charge in [-0.25, -0.2) is 22.1 Å². The highest BCUT2D eigenvalue weighted by Gasteiger charge is 2.39. The Bertz CT molecular complexity index is 1210. The first-order valence-electron chi connectivity index (χ1n) is 11.6. The molecule has 3 rings (SSSR count). The Morgan fingerprint density at radius 3 is 0.976 bits per heavy atom. The van der Waals surface area contributed by atoms with Crippen LogP contribution in [0.5, 0.6) is 34.5 Å². The van der Waals surface area contributed by atoms with Gasteiger partial charge in [0.2, 0.25) is 0 Å². The van der Waals surface area contributed by atoms with Crippen LogP contribution in [0, 0.1) is 0 Å². The summed E-state index contributed by atoms with van der Waals surface area (Å²) in [7, 11) is 3.52. The number of methoxy groups -OCH3 is 6. The molecule has 0 aliphatic rings. The van der Waals surface area contributed by atoms with Crippen LogP contribution in [0.25, 0.3) is 0 Å². The second-order valence-electron chi connectivity index (χ2n) is 7.71. The number of hydrazine groups is 3. The summed E-state index contributed by atoms with van der Waals surface area (Å²) in [6.45, 7) is 0. The second kappa shape index (κ2) is 14.0. The van der Waals surface area contributed by atoms with E-state index in [9.17, 15) is 4.57 Å². The Kier molecular flexibility index (Phi) is 10.7. The Morgan fingerprint density at radius 2 is 0.756 bits per heavy atom. The van der Waals surface area contributed by atoms with Crippen LogP contribution in [-0.2, 0) is 18.4 Å². The molecule has 0 bridgehead atoms. The molecule has 224 valence electrons. The molecule has 0 aliphatic carbocycles. The van der Waals surface area contributed by atoms with Crippen molar-refractivity contribution in [2.45, 2.75) is 0 Å². The third kappa shape index (κ3) is 6.96. The molecule has 0 spiro atoms. The molecule has 0 atom stereocenters. The van der Waals surface area contributed by atoms with Crippen LogP contribution in [0.4, 0.5) is 17.1 Å². The molecule has 0 fully saturated rings. The summed E-state index contributed by atoms with van der Waals surface area (Å²) in [5.41, 5.74) is 0.262. The van der Waals surface area contributed by atoms with E-state index in [-0.39, 0.29) is 34.3 Å². The van der Waals surface area contributed by atoms with Crippen molar-refractivity contribution in [3.63, 3.8) is 0 Å². The summed E-state index contributed by atoms with van der Waals surface area (Å²) in [5.74, 6) is 19.8. The Morgan fingerprint density at radius 1 is 0.488 bits per heavy atom. The molecule has 0 unspecified atom stereocenters. The third-order valence-corrected chi connectivity index (χ3v) is 6.55. The van der Waals surface area contributed by atoms with Gasteiger partial charge in [-0.05, 0) is 36.4 Å². The number of nitrogens with zero attached hydrogens (tertiary/aromatic N) is 3. The second-order valence-corrected chi connectivity index (χ2v) is 9.09. The number of rotatable bonds is 15. The Hall–Kier alpha value is -4.15. The zero-order valence-corrected chi connectivity index (χ0v) is 24.2. The quantitative estimate of drug-likeness (QED) is 0.132. The van der Waals surface area contributed by atoms with E-state index in [1.54, 1.807) is 36.4 Å². The van der Waals surface area contributed by atoms with Gasteiger partial charge >= 0.3 is 7.82 Å². The van der Waals surface area contributed by atoms with E-state index in [2.05, 4.69) is 0 Å². The first kappa shape index (κ1) is 31.4. The molecule has 3 aromatic carbocycles. The molecule has 0 saturated carbocycles. The fourth-order valence-electron chi connectivity index (χ4n) is 3.63. The van der Waals surface area contributed by atoms with E-state index < -0.39 is 7.82 Å². The lowest BCUT2D eigenvalue weighted by atomic mass is 10.2. The van der Waals surface area contributed by atoms with Crippen molar-refractivity contribution in [1.29, 1.82) is 0 Å². The molecule has 41 heavy (non-hydrogen) atoms. The average Bonchev–Trinajstić information content (AvgIpc) is 2.98. The van der Waals surface area contributed by atoms with Crippen LogP contribution >= 0.6 is 7.82 Å². The van der Waals surface area contributed by atoms with Crippen molar-refractivity contribution >= 4 is 24.9 Å². The highest BCUT2D eigenvalue weighted by molar-refractivity contribution is 7.48. The SMILES string of the molecule is COc1cccc(N(N)OP(=O)(ON(N)c2cccc(OC)c2OC)ON(N)c2cccc(OC)c2OC)c1OC. The molecule has 0 amide bonds. The first-order chi connectivity index (χ1) is 19.7. The van der Waals surface area contributed by atoms with Gasteiger partial charge in [-0.2, -0.15) is 15.5 Å². The van der Waals surface area contributed by atoms with Crippen molar-refractivity contribution in [1.82, 2.24) is 0 Å². The lowest BCUT2D eigenvalue weighted by Gasteiger charge is -2.30. The topological polar surface area (TPSA) is 188 Å². The number of benzene rings is 3. The first-order valence-corrected chi connectivity index (χ1v) is 13.1. The van der Waals surface area contributed by atoms with Crippen LogP contribution in [0.2, 0.25) is 0 Å². The average molecular weight is 597 g/mol. The number of ether oxygens (including phenoxy) is 6. The van der Waals surface area contributed by atoms with Crippen LogP contribution < -0.4 is 61.5 Å². The van der Waals surface area contributed by atoms with Crippen LogP contribution in [0.3, 0.4) is 0 Å². The van der Waals surface area contributed by atoms with Gasteiger partial charge in [0, 0.05) is 0 Å². The van der Waals surface area contributed by atoms with Gasteiger partial charge in [0.1, 0.15) is 17.1 Å². The minimum absolute atomic E-state index is 0.0874. The summed E-state index contributed by atoms with van der Waals surface area (Å²) in [5, 5.41) is 1.78. The van der Waals surface area contributed by atoms with Gasteiger partial charge in [0.25, 0.3) is 0 Å². The largest absolute Gasteiger partial charge is 0.543 e. The molecule has 0 heterocycles. The van der Waals surface area contributed by atoms with Crippen molar-refractivity contribution in [3.8, 4) is 34.5 Å². The van der Waals surface area contributed by atoms with Gasteiger partial charge in [0.05, 0.1) is 42.7 Å². The summed E-state index contributed by atoms with van der Waals surface area (Å²) in [6, 6.07) is 14.2. The molecule has 0 aliphatic heterocycles. The predicted molar refractivity (Wildman–Crippen MR) is 149 cm³/mol. The monoisotopic (exact) mass is 596 g/mol. The molecule has 0 saturated heterocycles. The Balaban J connectivity index is 2.04. The van der Waals surface area contributed by atoms with Gasteiger partial charge in [-0.15, -0.1) is 13.9 Å². The molecule has 16 nitrogen and oxygen atoms in total. The third-order valence-electron chi connectivity index (χ3n) is 5.42. The predicted octanol–water partition coefficient (Wildman–Crippen LogP) is 3.08. The lowest BCUT2D eigenvalue weighted by Crippen LogP contribution is -2.38. The highest BCUT2D eigenvalue weighted by atomic mass is 31.2. The van der Waals surface area contributed by atoms with Crippen LogP contribution in [0.15, 0.2) is 54.6 Å². The molecule has 3 aromatic rings. The van der Waals surface area contributed by atoms with E-state index in [4.69, 9.17) is 59.8 Å². The maximum absolute atomic E-state index is 14.2. The van der Waals surface area contributed by atoms with Gasteiger partial charge in [-0.3, -0.25) is 0 Å². The normalized spacial score (nSPS) is 11.0. The maximum Gasteiger partial charge on any atom is 0.543 e. The van der Waals surface area contributed by atoms with E-state index in [0.29, 0.717) is 32.8 Å². The number of hydrogen-bond donors (Lipinski definition) is 3. The van der Waals surface area contributed by atoms with Crippen molar-refractivity contribution in [2.24, 2.45) is 17.5 Å². The lowest BCUT2D eigenvalue weighted by molar-refractivity contribution is 0.0847. The van der Waals surface area contributed by atoms with Gasteiger partial charge in [0.15, 0.2) is 34.5 Å². The van der Waals surface area contributed by atoms with Crippen LogP contribution in [-0.4, -0.2) is 42.7 Å². The van der Waals surface area contributed by atoms with E-state index in [1.807, 2.05) is 0 Å². The summed E-state index contributed by atoms with van der Waals surface area (Å²) < 4.78 is 62.8. The van der Waals surface area contributed by atoms with E-state index in [0.717, 1.165) is 0 Å². The van der Waals surface area contributed by atoms with E-state index >= 15 is 0 Å². The molecule has 6 N–H and O–H groups in total. The molecule has 0 aromatic heterocycles. The summed E-state index contributed by atoms with van der Waals surface area (Å²) >= 11 is 0.